The van der Waals surface area contributed by atoms with Crippen molar-refractivity contribution >= 4 is 11.6 Å². The summed E-state index contributed by atoms with van der Waals surface area (Å²) in [5.74, 6) is 0.898. The van der Waals surface area contributed by atoms with Gasteiger partial charge in [-0.2, -0.15) is 18.2 Å². The third kappa shape index (κ3) is 4.88. The van der Waals surface area contributed by atoms with E-state index in [4.69, 9.17) is 14.0 Å². The van der Waals surface area contributed by atoms with Crippen molar-refractivity contribution in [2.75, 3.05) is 19.5 Å². The number of halogens is 3. The van der Waals surface area contributed by atoms with Crippen LogP contribution in [0.4, 0.5) is 18.9 Å². The van der Waals surface area contributed by atoms with Gasteiger partial charge in [0, 0.05) is 18.4 Å². The van der Waals surface area contributed by atoms with Crippen molar-refractivity contribution in [3.8, 4) is 22.9 Å². The highest BCUT2D eigenvalue weighted by Crippen LogP contribution is 2.34. The zero-order valence-corrected chi connectivity index (χ0v) is 16.1. The first-order chi connectivity index (χ1) is 14.3. The third-order valence-corrected chi connectivity index (χ3v) is 4.18. The molecule has 10 heteroatoms. The number of hydrogen-bond donors (Lipinski definition) is 1. The molecular weight excluding hydrogens is 403 g/mol. The molecule has 158 valence electrons. The number of methoxy groups -OCH3 is 2. The van der Waals surface area contributed by atoms with Crippen LogP contribution in [0.25, 0.3) is 11.4 Å². The lowest BCUT2D eigenvalue weighted by atomic mass is 10.1. The van der Waals surface area contributed by atoms with Gasteiger partial charge < -0.3 is 19.3 Å². The number of rotatable bonds is 7. The number of amides is 1. The summed E-state index contributed by atoms with van der Waals surface area (Å²) in [5.41, 5.74) is -0.593. The van der Waals surface area contributed by atoms with Gasteiger partial charge >= 0.3 is 6.18 Å². The number of anilines is 1. The summed E-state index contributed by atoms with van der Waals surface area (Å²) in [4.78, 5) is 16.3. The molecule has 0 saturated carbocycles. The van der Waals surface area contributed by atoms with E-state index in [1.807, 2.05) is 0 Å². The van der Waals surface area contributed by atoms with Crippen LogP contribution in [0.15, 0.2) is 47.0 Å². The Labute approximate surface area is 169 Å². The first-order valence-corrected chi connectivity index (χ1v) is 8.83. The molecule has 1 N–H and O–H groups in total. The molecule has 2 aromatic carbocycles. The van der Waals surface area contributed by atoms with Gasteiger partial charge in [0.2, 0.25) is 17.6 Å². The number of aryl methyl sites for hydroxylation is 1. The summed E-state index contributed by atoms with van der Waals surface area (Å²) in [7, 11) is 3.01. The SMILES string of the molecule is COc1ccc(-c2noc(CCC(=O)Nc3ccccc3C(F)(F)F)n2)cc1OC. The van der Waals surface area contributed by atoms with E-state index in [9.17, 15) is 18.0 Å². The third-order valence-electron chi connectivity index (χ3n) is 4.18. The smallest absolute Gasteiger partial charge is 0.418 e. The van der Waals surface area contributed by atoms with Crippen molar-refractivity contribution in [2.24, 2.45) is 0 Å². The second-order valence-corrected chi connectivity index (χ2v) is 6.17. The lowest BCUT2D eigenvalue weighted by molar-refractivity contribution is -0.137. The van der Waals surface area contributed by atoms with Gasteiger partial charge in [-0.3, -0.25) is 4.79 Å². The summed E-state index contributed by atoms with van der Waals surface area (Å²) in [6, 6.07) is 9.86. The molecule has 0 spiro atoms. The van der Waals surface area contributed by atoms with Crippen LogP contribution in [0.2, 0.25) is 0 Å². The number of hydrogen-bond acceptors (Lipinski definition) is 6. The molecule has 7 nitrogen and oxygen atoms in total. The second kappa shape index (κ2) is 8.85. The molecule has 0 atom stereocenters. The monoisotopic (exact) mass is 421 g/mol. The number of aromatic nitrogens is 2. The average Bonchev–Trinajstić information content (AvgIpc) is 3.20. The molecule has 0 saturated heterocycles. The highest BCUT2D eigenvalue weighted by molar-refractivity contribution is 5.91. The molecule has 1 aromatic heterocycles. The molecule has 30 heavy (non-hydrogen) atoms. The van der Waals surface area contributed by atoms with Crippen LogP contribution in [-0.2, 0) is 17.4 Å². The van der Waals surface area contributed by atoms with Crippen LogP contribution in [0, 0.1) is 0 Å². The first kappa shape index (κ1) is 21.2. The Morgan fingerprint density at radius 3 is 2.53 bits per heavy atom. The normalized spacial score (nSPS) is 11.2. The molecule has 1 amide bonds. The minimum Gasteiger partial charge on any atom is -0.493 e. The number of nitrogens with one attached hydrogen (secondary N) is 1. The van der Waals surface area contributed by atoms with Crippen molar-refractivity contribution in [1.82, 2.24) is 10.1 Å². The fourth-order valence-electron chi connectivity index (χ4n) is 2.72. The van der Waals surface area contributed by atoms with Crippen molar-refractivity contribution in [1.29, 1.82) is 0 Å². The Balaban J connectivity index is 1.64. The van der Waals surface area contributed by atoms with Crippen molar-refractivity contribution < 1.29 is 32.0 Å². The molecule has 3 rings (SSSR count). The lowest BCUT2D eigenvalue weighted by Crippen LogP contribution is -2.16. The molecule has 0 aliphatic carbocycles. The quantitative estimate of drug-likeness (QED) is 0.611. The van der Waals surface area contributed by atoms with Gasteiger partial charge in [-0.05, 0) is 30.3 Å². The summed E-state index contributed by atoms with van der Waals surface area (Å²) in [6.45, 7) is 0. The van der Waals surface area contributed by atoms with Gasteiger partial charge in [0.1, 0.15) is 0 Å². The second-order valence-electron chi connectivity index (χ2n) is 6.17. The lowest BCUT2D eigenvalue weighted by Gasteiger charge is -2.13. The average molecular weight is 421 g/mol. The van der Waals surface area contributed by atoms with Crippen LogP contribution in [0.5, 0.6) is 11.5 Å². The number of nitrogens with zero attached hydrogens (tertiary/aromatic N) is 2. The molecular formula is C20H18F3N3O4. The van der Waals surface area contributed by atoms with E-state index in [0.29, 0.717) is 17.1 Å². The number of para-hydroxylation sites is 1. The summed E-state index contributed by atoms with van der Waals surface area (Å²) in [5, 5.41) is 6.14. The van der Waals surface area contributed by atoms with Gasteiger partial charge in [0.25, 0.3) is 0 Å². The number of carbonyl (C=O) groups is 1. The van der Waals surface area contributed by atoms with Crippen LogP contribution < -0.4 is 14.8 Å². The Hall–Kier alpha value is -3.56. The van der Waals surface area contributed by atoms with Crippen LogP contribution >= 0.6 is 0 Å². The molecule has 0 fully saturated rings. The Morgan fingerprint density at radius 2 is 1.83 bits per heavy atom. The largest absolute Gasteiger partial charge is 0.493 e. The van der Waals surface area contributed by atoms with Crippen molar-refractivity contribution in [3.63, 3.8) is 0 Å². The summed E-state index contributed by atoms with van der Waals surface area (Å²) >= 11 is 0. The maximum atomic E-state index is 13.0. The minimum atomic E-state index is -4.56. The van der Waals surface area contributed by atoms with Gasteiger partial charge in [-0.25, -0.2) is 0 Å². The molecule has 0 aliphatic heterocycles. The van der Waals surface area contributed by atoms with E-state index in [1.54, 1.807) is 18.2 Å². The maximum Gasteiger partial charge on any atom is 0.418 e. The van der Waals surface area contributed by atoms with Gasteiger partial charge in [0.15, 0.2) is 11.5 Å². The fraction of sp³-hybridized carbons (Fsp3) is 0.250. The molecule has 3 aromatic rings. The minimum absolute atomic E-state index is 0.0697. The fourth-order valence-corrected chi connectivity index (χ4v) is 2.72. The van der Waals surface area contributed by atoms with Crippen molar-refractivity contribution in [2.45, 2.75) is 19.0 Å². The zero-order chi connectivity index (χ0) is 21.7. The van der Waals surface area contributed by atoms with E-state index in [-0.39, 0.29) is 30.2 Å². The van der Waals surface area contributed by atoms with E-state index < -0.39 is 17.6 Å². The number of carbonyl (C=O) groups excluding carboxylic acids is 1. The predicted octanol–water partition coefficient (Wildman–Crippen LogP) is 4.34. The van der Waals surface area contributed by atoms with E-state index in [1.165, 1.54) is 32.4 Å². The first-order valence-electron chi connectivity index (χ1n) is 8.83. The van der Waals surface area contributed by atoms with E-state index in [2.05, 4.69) is 15.5 Å². The van der Waals surface area contributed by atoms with E-state index >= 15 is 0 Å². The van der Waals surface area contributed by atoms with Crippen LogP contribution in [-0.4, -0.2) is 30.3 Å². The highest BCUT2D eigenvalue weighted by atomic mass is 19.4. The predicted molar refractivity (Wildman–Crippen MR) is 101 cm³/mol. The molecule has 0 radical (unpaired) electrons. The number of ether oxygens (including phenoxy) is 2. The van der Waals surface area contributed by atoms with Gasteiger partial charge in [0.05, 0.1) is 25.5 Å². The van der Waals surface area contributed by atoms with Gasteiger partial charge in [-0.1, -0.05) is 17.3 Å². The van der Waals surface area contributed by atoms with Crippen molar-refractivity contribution in [3.05, 3.63) is 53.9 Å². The van der Waals surface area contributed by atoms with E-state index in [0.717, 1.165) is 6.07 Å². The topological polar surface area (TPSA) is 86.5 Å². The zero-order valence-electron chi connectivity index (χ0n) is 16.1. The maximum absolute atomic E-state index is 13.0. The summed E-state index contributed by atoms with van der Waals surface area (Å²) in [6.07, 6.45) is -4.62. The Morgan fingerprint density at radius 1 is 1.10 bits per heavy atom. The van der Waals surface area contributed by atoms with Gasteiger partial charge in [-0.15, -0.1) is 0 Å². The van der Waals surface area contributed by atoms with Crippen LogP contribution in [0.1, 0.15) is 17.9 Å². The van der Waals surface area contributed by atoms with Crippen LogP contribution in [0.3, 0.4) is 0 Å². The number of alkyl halides is 3. The molecule has 0 aliphatic rings. The molecule has 0 unspecified atom stereocenters. The molecule has 1 heterocycles. The summed E-state index contributed by atoms with van der Waals surface area (Å²) < 4.78 is 54.6. The highest BCUT2D eigenvalue weighted by Gasteiger charge is 2.33. The Kier molecular flexibility index (Phi) is 6.24. The number of benzene rings is 2. The standard InChI is InChI=1S/C20H18F3N3O4/c1-28-15-8-7-12(11-16(15)29-2)19-25-18(30-26-19)10-9-17(27)24-14-6-4-3-5-13(14)20(21,22)23/h3-8,11H,9-10H2,1-2H3,(H,24,27). The molecule has 0 bridgehead atoms. The Bertz CT molecular complexity index is 1030.